The number of nitrogens with zero attached hydrogens (tertiary/aromatic N) is 4. The standard InChI is InChI=1S/C45H67N5O9/c1-26(2)31(24-35(51)39(28(5)6)47(9)10)41(53)46-38(27(3)4)43(55)48-21-15-19-32(48)42(54)49-22-16-20-33(49)45(57)59-40(29(7)8)44(56)50-34(36(58-11)25-37(50)52)23-30-17-13-12-14-18-30/h12-14,17-18,25-29,31-34,38-40H,15-16,19-24H2,1-11H3,(H,46,53)/t31-,32-,33-,34-,38-,39-,40?/m0/s1. The zero-order valence-corrected chi connectivity index (χ0v) is 36.9. The summed E-state index contributed by atoms with van der Waals surface area (Å²) in [7, 11) is 5.14. The first-order chi connectivity index (χ1) is 27.8. The minimum Gasteiger partial charge on any atom is -0.499 e. The SMILES string of the molecule is COC1=CC(=O)N(C(=O)C(OC(=O)[C@@H]2CCCN2C(=O)[C@@H]2CCCN2C(=O)[C@@H](NC(=O)[C@@H](CC(=O)[C@H](C(C)C)N(C)C)C(C)C)C(C)C)C(C)C)[C@H]1Cc1ccccc1. The molecule has 3 aliphatic rings. The van der Waals surface area contributed by atoms with Crippen molar-refractivity contribution in [1.29, 1.82) is 0 Å². The second kappa shape index (κ2) is 20.6. The van der Waals surface area contributed by atoms with Gasteiger partial charge in [0.2, 0.25) is 17.7 Å². The molecule has 2 fully saturated rings. The highest BCUT2D eigenvalue weighted by atomic mass is 16.6. The summed E-state index contributed by atoms with van der Waals surface area (Å²) in [5.74, 6) is -4.43. The number of methoxy groups -OCH3 is 1. The van der Waals surface area contributed by atoms with Gasteiger partial charge in [0.1, 0.15) is 29.9 Å². The number of esters is 1. The van der Waals surface area contributed by atoms with Gasteiger partial charge < -0.3 is 24.6 Å². The van der Waals surface area contributed by atoms with E-state index in [0.29, 0.717) is 44.4 Å². The van der Waals surface area contributed by atoms with Crippen LogP contribution in [0.5, 0.6) is 0 Å². The molecule has 0 saturated carbocycles. The van der Waals surface area contributed by atoms with Crippen LogP contribution in [0.3, 0.4) is 0 Å². The van der Waals surface area contributed by atoms with Gasteiger partial charge in [0.25, 0.3) is 11.8 Å². The Morgan fingerprint density at radius 2 is 1.41 bits per heavy atom. The summed E-state index contributed by atoms with van der Waals surface area (Å²) < 4.78 is 11.4. The van der Waals surface area contributed by atoms with Crippen molar-refractivity contribution in [3.63, 3.8) is 0 Å². The van der Waals surface area contributed by atoms with E-state index < -0.39 is 65.8 Å². The number of nitrogens with one attached hydrogen (secondary N) is 1. The molecule has 0 bridgehead atoms. The predicted octanol–water partition coefficient (Wildman–Crippen LogP) is 4.01. The number of carbonyl (C=O) groups excluding carboxylic acids is 7. The zero-order valence-electron chi connectivity index (χ0n) is 36.9. The molecule has 3 heterocycles. The van der Waals surface area contributed by atoms with Gasteiger partial charge in [-0.05, 0) is 69.0 Å². The molecule has 326 valence electrons. The highest BCUT2D eigenvalue weighted by molar-refractivity contribution is 6.06. The summed E-state index contributed by atoms with van der Waals surface area (Å²) in [5, 5.41) is 2.96. The quantitative estimate of drug-likeness (QED) is 0.214. The van der Waals surface area contributed by atoms with Gasteiger partial charge in [0.15, 0.2) is 11.9 Å². The van der Waals surface area contributed by atoms with Crippen molar-refractivity contribution in [3.8, 4) is 0 Å². The number of hydrogen-bond donors (Lipinski definition) is 1. The molecule has 1 unspecified atom stereocenters. The molecular weight excluding hydrogens is 755 g/mol. The molecule has 5 amide bonds. The number of hydrogen-bond acceptors (Lipinski definition) is 10. The minimum atomic E-state index is -1.31. The van der Waals surface area contributed by atoms with Gasteiger partial charge >= 0.3 is 5.97 Å². The van der Waals surface area contributed by atoms with Gasteiger partial charge in [-0.15, -0.1) is 0 Å². The van der Waals surface area contributed by atoms with Crippen LogP contribution >= 0.6 is 0 Å². The van der Waals surface area contributed by atoms with Crippen molar-refractivity contribution in [1.82, 2.24) is 24.9 Å². The van der Waals surface area contributed by atoms with Crippen molar-refractivity contribution in [2.24, 2.45) is 29.6 Å². The van der Waals surface area contributed by atoms with Crippen LogP contribution in [0, 0.1) is 29.6 Å². The van der Waals surface area contributed by atoms with Crippen molar-refractivity contribution in [3.05, 3.63) is 47.7 Å². The molecule has 0 aliphatic carbocycles. The van der Waals surface area contributed by atoms with Gasteiger partial charge in [0.05, 0.1) is 13.2 Å². The molecule has 1 aromatic carbocycles. The van der Waals surface area contributed by atoms with Gasteiger partial charge in [-0.1, -0.05) is 85.7 Å². The van der Waals surface area contributed by atoms with Crippen LogP contribution in [-0.4, -0.2) is 131 Å². The fourth-order valence-electron chi connectivity index (χ4n) is 8.80. The Labute approximate surface area is 350 Å². The highest BCUT2D eigenvalue weighted by Crippen LogP contribution is 2.30. The number of likely N-dealkylation sites (N-methyl/N-ethyl adjacent to an activating group) is 1. The average Bonchev–Trinajstić information content (AvgIpc) is 3.93. The number of carbonyl (C=O) groups is 7. The minimum absolute atomic E-state index is 0.0340. The van der Waals surface area contributed by atoms with E-state index in [1.807, 2.05) is 90.9 Å². The maximum Gasteiger partial charge on any atom is 0.329 e. The lowest BCUT2D eigenvalue weighted by atomic mass is 9.85. The molecule has 0 spiro atoms. The maximum atomic E-state index is 14.3. The Balaban J connectivity index is 1.48. The molecule has 4 rings (SSSR count). The van der Waals surface area contributed by atoms with Crippen LogP contribution < -0.4 is 5.32 Å². The normalized spacial score (nSPS) is 21.6. The number of imide groups is 1. The average molecular weight is 822 g/mol. The predicted molar refractivity (Wildman–Crippen MR) is 222 cm³/mol. The van der Waals surface area contributed by atoms with Crippen LogP contribution in [0.4, 0.5) is 0 Å². The monoisotopic (exact) mass is 821 g/mol. The van der Waals surface area contributed by atoms with E-state index in [9.17, 15) is 33.6 Å². The third kappa shape index (κ3) is 11.0. The molecule has 3 aliphatic heterocycles. The van der Waals surface area contributed by atoms with E-state index >= 15 is 0 Å². The number of benzene rings is 1. The molecule has 7 atom stereocenters. The first kappa shape index (κ1) is 47.1. The second-order valence-corrected chi connectivity index (χ2v) is 17.9. The third-order valence-electron chi connectivity index (χ3n) is 11.9. The van der Waals surface area contributed by atoms with E-state index in [4.69, 9.17) is 9.47 Å². The van der Waals surface area contributed by atoms with Gasteiger partial charge in [0, 0.05) is 37.9 Å². The van der Waals surface area contributed by atoms with E-state index in [1.54, 1.807) is 13.8 Å². The molecule has 14 heteroatoms. The summed E-state index contributed by atoms with van der Waals surface area (Å²) >= 11 is 0. The lowest BCUT2D eigenvalue weighted by Crippen LogP contribution is -2.57. The highest BCUT2D eigenvalue weighted by Gasteiger charge is 2.47. The number of Topliss-reactive ketones (excluding diaryl/α,β-unsaturated/α-hetero) is 1. The smallest absolute Gasteiger partial charge is 0.329 e. The number of amides is 5. The molecule has 1 aromatic rings. The van der Waals surface area contributed by atoms with Crippen molar-refractivity contribution >= 4 is 41.3 Å². The number of ether oxygens (including phenoxy) is 2. The van der Waals surface area contributed by atoms with Crippen LogP contribution in [0.15, 0.2) is 42.2 Å². The number of ketones is 1. The Hall–Kier alpha value is -4.59. The molecule has 0 radical (unpaired) electrons. The van der Waals surface area contributed by atoms with Crippen molar-refractivity contribution < 1.29 is 43.0 Å². The molecule has 14 nitrogen and oxygen atoms in total. The number of likely N-dealkylation sites (tertiary alicyclic amines) is 2. The summed E-state index contributed by atoms with van der Waals surface area (Å²) in [4.78, 5) is 103. The van der Waals surface area contributed by atoms with E-state index in [0.717, 1.165) is 10.5 Å². The Bertz CT molecular complexity index is 1720. The maximum absolute atomic E-state index is 14.3. The van der Waals surface area contributed by atoms with Gasteiger partial charge in [-0.2, -0.15) is 0 Å². The summed E-state index contributed by atoms with van der Waals surface area (Å²) in [6, 6.07) is 5.54. The van der Waals surface area contributed by atoms with Crippen molar-refractivity contribution in [2.75, 3.05) is 34.3 Å². The number of rotatable bonds is 18. The fourth-order valence-corrected chi connectivity index (χ4v) is 8.80. The van der Waals surface area contributed by atoms with E-state index in [2.05, 4.69) is 5.32 Å². The van der Waals surface area contributed by atoms with Crippen LogP contribution in [0.25, 0.3) is 0 Å². The Morgan fingerprint density at radius 1 is 0.797 bits per heavy atom. The van der Waals surface area contributed by atoms with Gasteiger partial charge in [-0.25, -0.2) is 4.79 Å². The van der Waals surface area contributed by atoms with Crippen LogP contribution in [0.2, 0.25) is 0 Å². The molecule has 59 heavy (non-hydrogen) atoms. The fraction of sp³-hybridized carbons (Fsp3) is 0.667. The van der Waals surface area contributed by atoms with E-state index in [-0.39, 0.29) is 54.4 Å². The van der Waals surface area contributed by atoms with Crippen LogP contribution in [0.1, 0.15) is 93.1 Å². The molecule has 0 aromatic heterocycles. The first-order valence-electron chi connectivity index (χ1n) is 21.3. The molecule has 2 saturated heterocycles. The van der Waals surface area contributed by atoms with Crippen LogP contribution in [-0.2, 0) is 49.5 Å². The summed E-state index contributed by atoms with van der Waals surface area (Å²) in [5.41, 5.74) is 0.888. The second-order valence-electron chi connectivity index (χ2n) is 17.9. The zero-order chi connectivity index (χ0) is 43.9. The molecule has 1 N–H and O–H groups in total. The van der Waals surface area contributed by atoms with Gasteiger partial charge in [-0.3, -0.25) is 38.6 Å². The first-order valence-corrected chi connectivity index (χ1v) is 21.3. The Kier molecular flexibility index (Phi) is 16.4. The largest absolute Gasteiger partial charge is 0.499 e. The topological polar surface area (TPSA) is 163 Å². The van der Waals surface area contributed by atoms with Crippen molar-refractivity contribution in [2.45, 2.75) is 130 Å². The lowest BCUT2D eigenvalue weighted by molar-refractivity contribution is -0.170. The third-order valence-corrected chi connectivity index (χ3v) is 11.9. The summed E-state index contributed by atoms with van der Waals surface area (Å²) in [6.07, 6.45) is 2.09. The Morgan fingerprint density at radius 3 is 1.95 bits per heavy atom. The summed E-state index contributed by atoms with van der Waals surface area (Å²) in [6.45, 7) is 15.4. The van der Waals surface area contributed by atoms with E-state index in [1.165, 1.54) is 23.0 Å². The molecular formula is C45H67N5O9. The lowest BCUT2D eigenvalue weighted by Gasteiger charge is -2.35.